The number of Topliss-reactive ketones (excluding diaryl/α,β-unsaturated/α-hetero) is 1. The molecule has 0 spiro atoms. The predicted molar refractivity (Wildman–Crippen MR) is 94.8 cm³/mol. The molecule has 2 bridgehead atoms. The molecule has 2 aliphatic carbocycles. The van der Waals surface area contributed by atoms with Crippen molar-refractivity contribution in [2.45, 2.75) is 92.4 Å². The largest absolute Gasteiger partial charge is 0.300 e. The third-order valence-corrected chi connectivity index (χ3v) is 7.27. The molecule has 0 radical (unpaired) electrons. The summed E-state index contributed by atoms with van der Waals surface area (Å²) in [6.45, 7) is 12.1. The van der Waals surface area contributed by atoms with Gasteiger partial charge >= 0.3 is 0 Å². The number of carbonyl (C=O) groups excluding carboxylic acids is 1. The molecular formula is C21H38O. The molecule has 0 heterocycles. The van der Waals surface area contributed by atoms with Crippen molar-refractivity contribution in [3.63, 3.8) is 0 Å². The van der Waals surface area contributed by atoms with E-state index in [-0.39, 0.29) is 0 Å². The van der Waals surface area contributed by atoms with E-state index in [1.54, 1.807) is 0 Å². The highest BCUT2D eigenvalue weighted by Gasteiger charge is 2.45. The summed E-state index contributed by atoms with van der Waals surface area (Å²) in [6.07, 6.45) is 10.7. The van der Waals surface area contributed by atoms with Gasteiger partial charge in [0.2, 0.25) is 0 Å². The van der Waals surface area contributed by atoms with Gasteiger partial charge < -0.3 is 0 Å². The Morgan fingerprint density at radius 2 is 1.86 bits per heavy atom. The molecule has 0 aromatic carbocycles. The van der Waals surface area contributed by atoms with Crippen LogP contribution in [0.15, 0.2) is 0 Å². The van der Waals surface area contributed by atoms with Crippen LogP contribution < -0.4 is 0 Å². The summed E-state index contributed by atoms with van der Waals surface area (Å²) in [4.78, 5) is 12.4. The van der Waals surface area contributed by atoms with E-state index in [2.05, 4.69) is 34.6 Å². The van der Waals surface area contributed by atoms with Crippen molar-refractivity contribution in [2.24, 2.45) is 35.0 Å². The van der Waals surface area contributed by atoms with E-state index in [1.165, 1.54) is 38.5 Å². The maximum atomic E-state index is 12.4. The Morgan fingerprint density at radius 3 is 2.55 bits per heavy atom. The van der Waals surface area contributed by atoms with Crippen LogP contribution >= 0.6 is 0 Å². The fourth-order valence-corrected chi connectivity index (χ4v) is 5.45. The molecule has 2 fully saturated rings. The van der Waals surface area contributed by atoms with Gasteiger partial charge in [0.1, 0.15) is 5.78 Å². The molecule has 22 heavy (non-hydrogen) atoms. The van der Waals surface area contributed by atoms with Crippen LogP contribution in [0.2, 0.25) is 0 Å². The van der Waals surface area contributed by atoms with Crippen molar-refractivity contribution < 1.29 is 4.79 Å². The van der Waals surface area contributed by atoms with E-state index in [4.69, 9.17) is 0 Å². The van der Waals surface area contributed by atoms with Crippen LogP contribution in [0.4, 0.5) is 0 Å². The minimum atomic E-state index is 0.506. The Balaban J connectivity index is 2.16. The van der Waals surface area contributed by atoms with E-state index in [9.17, 15) is 4.79 Å². The van der Waals surface area contributed by atoms with Crippen molar-refractivity contribution in [1.82, 2.24) is 0 Å². The quantitative estimate of drug-likeness (QED) is 0.601. The average Bonchev–Trinajstić information content (AvgIpc) is 2.75. The van der Waals surface area contributed by atoms with E-state index in [0.717, 1.165) is 37.0 Å². The van der Waals surface area contributed by atoms with Crippen LogP contribution in [-0.4, -0.2) is 5.78 Å². The number of hydrogen-bond acceptors (Lipinski definition) is 1. The van der Waals surface area contributed by atoms with E-state index >= 15 is 0 Å². The summed E-state index contributed by atoms with van der Waals surface area (Å²) in [7, 11) is 0. The lowest BCUT2D eigenvalue weighted by atomic mass is 9.69. The number of rotatable bonds is 3. The fourth-order valence-electron chi connectivity index (χ4n) is 5.45. The number of carbonyl (C=O) groups is 1. The first-order chi connectivity index (χ1) is 10.4. The molecule has 0 aromatic heterocycles. The first-order valence-corrected chi connectivity index (χ1v) is 9.87. The summed E-state index contributed by atoms with van der Waals surface area (Å²) < 4.78 is 0. The second-order valence-electron chi connectivity index (χ2n) is 9.09. The second-order valence-corrected chi connectivity index (χ2v) is 9.09. The number of ketones is 1. The zero-order valence-corrected chi connectivity index (χ0v) is 15.7. The van der Waals surface area contributed by atoms with Crippen LogP contribution in [0.3, 0.4) is 0 Å². The Labute approximate surface area is 138 Å². The first-order valence-electron chi connectivity index (χ1n) is 9.87. The third kappa shape index (κ3) is 4.15. The molecule has 1 heteroatoms. The zero-order valence-electron chi connectivity index (χ0n) is 15.7. The van der Waals surface area contributed by atoms with Crippen LogP contribution in [0.25, 0.3) is 0 Å². The highest BCUT2D eigenvalue weighted by Crippen LogP contribution is 2.54. The van der Waals surface area contributed by atoms with E-state index < -0.39 is 0 Å². The number of fused-ring (bicyclic) bond motifs is 2. The Kier molecular flexibility index (Phi) is 6.14. The van der Waals surface area contributed by atoms with Gasteiger partial charge in [0, 0.05) is 12.8 Å². The van der Waals surface area contributed by atoms with E-state index in [0.29, 0.717) is 23.0 Å². The average molecular weight is 307 g/mol. The molecule has 2 saturated carbocycles. The highest BCUT2D eigenvalue weighted by molar-refractivity contribution is 5.78. The predicted octanol–water partition coefficient (Wildman–Crippen LogP) is 6.26. The summed E-state index contributed by atoms with van der Waals surface area (Å²) in [5.74, 6) is 4.33. The maximum absolute atomic E-state index is 12.4. The van der Waals surface area contributed by atoms with Crippen LogP contribution in [0.1, 0.15) is 92.4 Å². The molecule has 0 amide bonds. The summed E-state index contributed by atoms with van der Waals surface area (Å²) >= 11 is 0. The van der Waals surface area contributed by atoms with E-state index in [1.807, 2.05) is 0 Å². The summed E-state index contributed by atoms with van der Waals surface area (Å²) in [5.41, 5.74) is 0.506. The molecule has 6 unspecified atom stereocenters. The Morgan fingerprint density at radius 1 is 1.14 bits per heavy atom. The van der Waals surface area contributed by atoms with Crippen LogP contribution in [-0.2, 0) is 4.79 Å². The van der Waals surface area contributed by atoms with Gasteiger partial charge in [-0.1, -0.05) is 53.9 Å². The maximum Gasteiger partial charge on any atom is 0.133 e. The smallest absolute Gasteiger partial charge is 0.133 e. The van der Waals surface area contributed by atoms with Gasteiger partial charge in [0.05, 0.1) is 0 Å². The Bertz CT molecular complexity index is 374. The fraction of sp³-hybridized carbons (Fsp3) is 0.952. The summed E-state index contributed by atoms with van der Waals surface area (Å²) in [6, 6.07) is 0. The monoisotopic (exact) mass is 306 g/mol. The van der Waals surface area contributed by atoms with Crippen molar-refractivity contribution in [2.75, 3.05) is 0 Å². The molecule has 0 aliphatic heterocycles. The number of hydrogen-bond donors (Lipinski definition) is 0. The lowest BCUT2D eigenvalue weighted by molar-refractivity contribution is -0.120. The third-order valence-electron chi connectivity index (χ3n) is 7.27. The molecule has 2 aliphatic rings. The molecule has 0 N–H and O–H groups in total. The lowest BCUT2D eigenvalue weighted by Crippen LogP contribution is -2.28. The van der Waals surface area contributed by atoms with Crippen molar-refractivity contribution in [3.8, 4) is 0 Å². The van der Waals surface area contributed by atoms with Gasteiger partial charge in [0.15, 0.2) is 0 Å². The minimum absolute atomic E-state index is 0.506. The molecule has 2 rings (SSSR count). The normalized spacial score (nSPS) is 43.9. The topological polar surface area (TPSA) is 17.1 Å². The van der Waals surface area contributed by atoms with Crippen molar-refractivity contribution in [3.05, 3.63) is 0 Å². The van der Waals surface area contributed by atoms with Crippen LogP contribution in [0, 0.1) is 35.0 Å². The second kappa shape index (κ2) is 7.49. The minimum Gasteiger partial charge on any atom is -0.300 e. The molecule has 0 saturated heterocycles. The molecular weight excluding hydrogens is 268 g/mol. The van der Waals surface area contributed by atoms with Gasteiger partial charge in [-0.25, -0.2) is 0 Å². The van der Waals surface area contributed by atoms with Gasteiger partial charge in [-0.15, -0.1) is 0 Å². The Hall–Kier alpha value is -0.330. The molecule has 1 nitrogen and oxygen atoms in total. The SMILES string of the molecule is CCCCC1CC(=O)CCC(C)C(C)C2(C)CC(C)C(C1)C2. The lowest BCUT2D eigenvalue weighted by Gasteiger charge is -2.36. The highest BCUT2D eigenvalue weighted by atomic mass is 16.1. The van der Waals surface area contributed by atoms with Crippen molar-refractivity contribution in [1.29, 1.82) is 0 Å². The zero-order chi connectivity index (χ0) is 16.3. The van der Waals surface area contributed by atoms with Gasteiger partial charge in [0.25, 0.3) is 0 Å². The standard InChI is InChI=1S/C21H38O/c1-6-7-8-18-11-19-14-21(5,13-16(19)3)17(4)15(2)9-10-20(22)12-18/h15-19H,6-14H2,1-5H3. The van der Waals surface area contributed by atoms with Crippen molar-refractivity contribution >= 4 is 5.78 Å². The summed E-state index contributed by atoms with van der Waals surface area (Å²) in [5, 5.41) is 0. The van der Waals surface area contributed by atoms with Gasteiger partial charge in [-0.3, -0.25) is 4.79 Å². The molecule has 128 valence electrons. The van der Waals surface area contributed by atoms with Gasteiger partial charge in [-0.05, 0) is 60.7 Å². The first kappa shape index (κ1) is 18.0. The number of unbranched alkanes of at least 4 members (excludes halogenated alkanes) is 1. The van der Waals surface area contributed by atoms with Crippen LogP contribution in [0.5, 0.6) is 0 Å². The molecule has 6 atom stereocenters. The molecule has 0 aromatic rings. The van der Waals surface area contributed by atoms with Gasteiger partial charge in [-0.2, -0.15) is 0 Å².